The predicted octanol–water partition coefficient (Wildman–Crippen LogP) is 0.805. The number of methoxy groups -OCH3 is 1. The number of anilines is 2. The Morgan fingerprint density at radius 2 is 2.21 bits per heavy atom. The van der Waals surface area contributed by atoms with E-state index in [0.29, 0.717) is 12.6 Å². The molecule has 1 unspecified atom stereocenters. The van der Waals surface area contributed by atoms with E-state index in [2.05, 4.69) is 39.1 Å². The molecule has 1 aliphatic heterocycles. The van der Waals surface area contributed by atoms with Gasteiger partial charge in [0.1, 0.15) is 18.2 Å². The van der Waals surface area contributed by atoms with Crippen molar-refractivity contribution in [1.29, 1.82) is 0 Å². The molecule has 0 bridgehead atoms. The summed E-state index contributed by atoms with van der Waals surface area (Å²) in [5.41, 5.74) is 0. The molecule has 0 aliphatic carbocycles. The van der Waals surface area contributed by atoms with Gasteiger partial charge in [-0.2, -0.15) is 0 Å². The minimum absolute atomic E-state index is 0.436. The van der Waals surface area contributed by atoms with E-state index in [1.807, 2.05) is 13.1 Å². The summed E-state index contributed by atoms with van der Waals surface area (Å²) in [4.78, 5) is 13.7. The Kier molecular flexibility index (Phi) is 4.55. The highest BCUT2D eigenvalue weighted by molar-refractivity contribution is 5.49. The van der Waals surface area contributed by atoms with Gasteiger partial charge < -0.3 is 19.9 Å². The van der Waals surface area contributed by atoms with Crippen LogP contribution in [0.1, 0.15) is 12.7 Å². The zero-order valence-corrected chi connectivity index (χ0v) is 12.2. The van der Waals surface area contributed by atoms with Crippen molar-refractivity contribution in [2.75, 3.05) is 51.1 Å². The molecular formula is C13H23N5O. The van der Waals surface area contributed by atoms with E-state index in [-0.39, 0.29) is 0 Å². The maximum atomic E-state index is 5.13. The SMILES string of the molecule is CNc1cc(N2CCN(C)C(C)C2)nc(COC)n1. The lowest BCUT2D eigenvalue weighted by Crippen LogP contribution is -2.50. The third-order valence-electron chi connectivity index (χ3n) is 3.57. The number of hydrogen-bond acceptors (Lipinski definition) is 6. The van der Waals surface area contributed by atoms with Crippen LogP contribution >= 0.6 is 0 Å². The number of nitrogens with one attached hydrogen (secondary N) is 1. The van der Waals surface area contributed by atoms with Crippen LogP contribution in [0.15, 0.2) is 6.07 Å². The number of hydrogen-bond donors (Lipinski definition) is 1. The highest BCUT2D eigenvalue weighted by Gasteiger charge is 2.22. The number of ether oxygens (including phenoxy) is 1. The Labute approximate surface area is 114 Å². The molecule has 1 atom stereocenters. The summed E-state index contributed by atoms with van der Waals surface area (Å²) in [6.07, 6.45) is 0. The number of likely N-dealkylation sites (N-methyl/N-ethyl adjacent to an activating group) is 1. The smallest absolute Gasteiger partial charge is 0.158 e. The van der Waals surface area contributed by atoms with E-state index in [9.17, 15) is 0 Å². The third-order valence-corrected chi connectivity index (χ3v) is 3.57. The summed E-state index contributed by atoms with van der Waals surface area (Å²) >= 11 is 0. The molecule has 0 spiro atoms. The number of nitrogens with zero attached hydrogens (tertiary/aromatic N) is 4. The van der Waals surface area contributed by atoms with Crippen molar-refractivity contribution in [3.63, 3.8) is 0 Å². The summed E-state index contributed by atoms with van der Waals surface area (Å²) in [7, 11) is 5.69. The van der Waals surface area contributed by atoms with Crippen LogP contribution in [-0.4, -0.2) is 61.7 Å². The Morgan fingerprint density at radius 1 is 1.42 bits per heavy atom. The lowest BCUT2D eigenvalue weighted by atomic mass is 10.2. The molecule has 0 radical (unpaired) electrons. The molecule has 1 saturated heterocycles. The molecule has 2 heterocycles. The predicted molar refractivity (Wildman–Crippen MR) is 76.6 cm³/mol. The summed E-state index contributed by atoms with van der Waals surface area (Å²) < 4.78 is 5.13. The first kappa shape index (κ1) is 14.0. The maximum absolute atomic E-state index is 5.13. The largest absolute Gasteiger partial charge is 0.377 e. The summed E-state index contributed by atoms with van der Waals surface area (Å²) in [6, 6.07) is 2.53. The molecule has 6 heteroatoms. The van der Waals surface area contributed by atoms with Crippen LogP contribution in [0.3, 0.4) is 0 Å². The zero-order chi connectivity index (χ0) is 13.8. The van der Waals surface area contributed by atoms with Crippen molar-refractivity contribution >= 4 is 11.6 Å². The van der Waals surface area contributed by atoms with E-state index in [0.717, 1.165) is 37.1 Å². The first-order valence-corrected chi connectivity index (χ1v) is 6.64. The molecule has 1 aliphatic rings. The van der Waals surface area contributed by atoms with Crippen molar-refractivity contribution < 1.29 is 4.74 Å². The van der Waals surface area contributed by atoms with Crippen LogP contribution < -0.4 is 10.2 Å². The average molecular weight is 265 g/mol. The molecule has 0 saturated carbocycles. The van der Waals surface area contributed by atoms with Crippen molar-refractivity contribution in [3.05, 3.63) is 11.9 Å². The quantitative estimate of drug-likeness (QED) is 0.869. The van der Waals surface area contributed by atoms with Crippen LogP contribution in [0.4, 0.5) is 11.6 Å². The van der Waals surface area contributed by atoms with Gasteiger partial charge in [-0.15, -0.1) is 0 Å². The van der Waals surface area contributed by atoms with Gasteiger partial charge in [0.05, 0.1) is 0 Å². The molecule has 1 aromatic rings. The van der Waals surface area contributed by atoms with Crippen molar-refractivity contribution in [2.24, 2.45) is 0 Å². The number of rotatable bonds is 4. The van der Waals surface area contributed by atoms with Crippen LogP contribution in [-0.2, 0) is 11.3 Å². The summed E-state index contributed by atoms with van der Waals surface area (Å²) in [5.74, 6) is 2.53. The number of piperazine rings is 1. The van der Waals surface area contributed by atoms with Gasteiger partial charge in [-0.05, 0) is 14.0 Å². The Hall–Kier alpha value is -1.40. The third kappa shape index (κ3) is 3.33. The molecule has 106 valence electrons. The van der Waals surface area contributed by atoms with Gasteiger partial charge in [-0.1, -0.05) is 0 Å². The second-order valence-corrected chi connectivity index (χ2v) is 4.99. The molecule has 0 aromatic carbocycles. The second-order valence-electron chi connectivity index (χ2n) is 4.99. The van der Waals surface area contributed by atoms with Gasteiger partial charge in [0.15, 0.2) is 5.82 Å². The molecule has 6 nitrogen and oxygen atoms in total. The van der Waals surface area contributed by atoms with Crippen molar-refractivity contribution in [1.82, 2.24) is 14.9 Å². The van der Waals surface area contributed by atoms with Crippen LogP contribution in [0.25, 0.3) is 0 Å². The zero-order valence-electron chi connectivity index (χ0n) is 12.2. The average Bonchev–Trinajstić information content (AvgIpc) is 2.42. The molecular weight excluding hydrogens is 242 g/mol. The van der Waals surface area contributed by atoms with Gasteiger partial charge in [0.2, 0.25) is 0 Å². The van der Waals surface area contributed by atoms with Crippen LogP contribution in [0, 0.1) is 0 Å². The van der Waals surface area contributed by atoms with Crippen LogP contribution in [0.5, 0.6) is 0 Å². The van der Waals surface area contributed by atoms with E-state index >= 15 is 0 Å². The highest BCUT2D eigenvalue weighted by atomic mass is 16.5. The molecule has 0 amide bonds. The summed E-state index contributed by atoms with van der Waals surface area (Å²) in [6.45, 7) is 5.71. The number of aromatic nitrogens is 2. The van der Waals surface area contributed by atoms with Crippen molar-refractivity contribution in [3.8, 4) is 0 Å². The van der Waals surface area contributed by atoms with E-state index < -0.39 is 0 Å². The van der Waals surface area contributed by atoms with E-state index in [4.69, 9.17) is 4.74 Å². The second kappa shape index (κ2) is 6.16. The molecule has 1 aromatic heterocycles. The van der Waals surface area contributed by atoms with Gasteiger partial charge in [0.25, 0.3) is 0 Å². The Bertz CT molecular complexity index is 425. The van der Waals surface area contributed by atoms with Gasteiger partial charge in [0, 0.05) is 45.9 Å². The molecule has 19 heavy (non-hydrogen) atoms. The fourth-order valence-electron chi connectivity index (χ4n) is 2.22. The van der Waals surface area contributed by atoms with Gasteiger partial charge in [-0.25, -0.2) is 9.97 Å². The first-order valence-electron chi connectivity index (χ1n) is 6.64. The fraction of sp³-hybridized carbons (Fsp3) is 0.692. The minimum atomic E-state index is 0.436. The van der Waals surface area contributed by atoms with E-state index in [1.165, 1.54) is 0 Å². The topological polar surface area (TPSA) is 53.5 Å². The van der Waals surface area contributed by atoms with Crippen molar-refractivity contribution in [2.45, 2.75) is 19.6 Å². The standard InChI is InChI=1S/C13H23N5O/c1-10-8-18(6-5-17(10)3)13-7-11(14-2)15-12(16-13)9-19-4/h7,10H,5-6,8-9H2,1-4H3,(H,14,15,16). The Balaban J connectivity index is 2.20. The molecule has 1 fully saturated rings. The van der Waals surface area contributed by atoms with Gasteiger partial charge >= 0.3 is 0 Å². The van der Waals surface area contributed by atoms with Crippen LogP contribution in [0.2, 0.25) is 0 Å². The normalized spacial score (nSPS) is 20.6. The molecule has 1 N–H and O–H groups in total. The lowest BCUT2D eigenvalue weighted by Gasteiger charge is -2.38. The molecule has 2 rings (SSSR count). The lowest BCUT2D eigenvalue weighted by molar-refractivity contribution is 0.177. The Morgan fingerprint density at radius 3 is 2.84 bits per heavy atom. The van der Waals surface area contributed by atoms with Gasteiger partial charge in [-0.3, -0.25) is 0 Å². The minimum Gasteiger partial charge on any atom is -0.377 e. The van der Waals surface area contributed by atoms with E-state index in [1.54, 1.807) is 7.11 Å². The summed E-state index contributed by atoms with van der Waals surface area (Å²) in [5, 5.41) is 3.08. The maximum Gasteiger partial charge on any atom is 0.158 e. The first-order chi connectivity index (χ1) is 9.13. The monoisotopic (exact) mass is 265 g/mol. The fourth-order valence-corrected chi connectivity index (χ4v) is 2.22. The highest BCUT2D eigenvalue weighted by Crippen LogP contribution is 2.19.